The van der Waals surface area contributed by atoms with Crippen molar-refractivity contribution in [3.63, 3.8) is 0 Å². The van der Waals surface area contributed by atoms with Crippen LogP contribution in [-0.4, -0.2) is 56.1 Å². The van der Waals surface area contributed by atoms with E-state index in [-0.39, 0.29) is 5.91 Å². The molecule has 1 heterocycles. The van der Waals surface area contributed by atoms with E-state index in [1.165, 1.54) is 0 Å². The summed E-state index contributed by atoms with van der Waals surface area (Å²) in [5.74, 6) is -0.531. The second-order valence-electron chi connectivity index (χ2n) is 5.19. The summed E-state index contributed by atoms with van der Waals surface area (Å²) in [4.78, 5) is 26.2. The lowest BCUT2D eigenvalue weighted by Crippen LogP contribution is -2.35. The highest BCUT2D eigenvalue weighted by Crippen LogP contribution is 2.16. The van der Waals surface area contributed by atoms with Crippen molar-refractivity contribution < 1.29 is 14.3 Å². The maximum atomic E-state index is 12.2. The molecule has 0 bridgehead atoms. The molecule has 0 atom stereocenters. The number of benzene rings is 1. The molecule has 6 heteroatoms. The maximum absolute atomic E-state index is 12.2. The number of nitrogens with zero attached hydrogens (tertiary/aromatic N) is 1. The van der Waals surface area contributed by atoms with E-state index in [1.807, 2.05) is 0 Å². The molecule has 0 aliphatic carbocycles. The van der Waals surface area contributed by atoms with Gasteiger partial charge in [-0.2, -0.15) is 0 Å². The summed E-state index contributed by atoms with van der Waals surface area (Å²) < 4.78 is 5.01. The first kappa shape index (κ1) is 16.5. The lowest BCUT2D eigenvalue weighted by Gasteiger charge is -2.19. The summed E-state index contributed by atoms with van der Waals surface area (Å²) in [6, 6.07) is 6.91. The number of ether oxygens (including phenoxy) is 1. The molecule has 0 aromatic heterocycles. The average molecular weight is 305 g/mol. The zero-order valence-corrected chi connectivity index (χ0v) is 12.9. The smallest absolute Gasteiger partial charge is 0.340 e. The van der Waals surface area contributed by atoms with Crippen LogP contribution >= 0.6 is 0 Å². The van der Waals surface area contributed by atoms with Gasteiger partial charge in [-0.05, 0) is 38.6 Å². The highest BCUT2D eigenvalue weighted by atomic mass is 16.5. The predicted octanol–water partition coefficient (Wildman–Crippen LogP) is 1.10. The Morgan fingerprint density at radius 2 is 2.09 bits per heavy atom. The van der Waals surface area contributed by atoms with Crippen LogP contribution in [0.5, 0.6) is 0 Å². The molecule has 2 N–H and O–H groups in total. The molecule has 6 nitrogen and oxygen atoms in total. The molecule has 0 unspecified atom stereocenters. The number of carbonyl (C=O) groups is 2. The molecule has 1 saturated heterocycles. The normalized spacial score (nSPS) is 15.9. The third-order valence-corrected chi connectivity index (χ3v) is 3.50. The first-order valence-corrected chi connectivity index (χ1v) is 7.69. The molecule has 1 fully saturated rings. The summed E-state index contributed by atoms with van der Waals surface area (Å²) in [5, 5.41) is 6.12. The Balaban J connectivity index is 1.97. The van der Waals surface area contributed by atoms with Crippen LogP contribution in [0.2, 0.25) is 0 Å². The Hall–Kier alpha value is -1.92. The molecule has 22 heavy (non-hydrogen) atoms. The molecule has 1 aromatic carbocycles. The average Bonchev–Trinajstić information content (AvgIpc) is 2.76. The predicted molar refractivity (Wildman–Crippen MR) is 85.0 cm³/mol. The zero-order valence-electron chi connectivity index (χ0n) is 12.9. The molecule has 0 saturated carbocycles. The Morgan fingerprint density at radius 3 is 2.91 bits per heavy atom. The SMILES string of the molecule is CCOC(=O)c1ccccc1NC(=O)CN1CCCNCC1. The fraction of sp³-hybridized carbons (Fsp3) is 0.500. The van der Waals surface area contributed by atoms with Gasteiger partial charge in [-0.1, -0.05) is 12.1 Å². The van der Waals surface area contributed by atoms with Gasteiger partial charge in [-0.15, -0.1) is 0 Å². The second kappa shape index (κ2) is 8.51. The Labute approximate surface area is 130 Å². The minimum Gasteiger partial charge on any atom is -0.462 e. The number of anilines is 1. The van der Waals surface area contributed by atoms with Crippen molar-refractivity contribution in [3.8, 4) is 0 Å². The topological polar surface area (TPSA) is 70.7 Å². The van der Waals surface area contributed by atoms with Gasteiger partial charge in [0.15, 0.2) is 0 Å². The molecule has 1 aliphatic rings. The molecule has 0 spiro atoms. The van der Waals surface area contributed by atoms with Crippen LogP contribution in [0.3, 0.4) is 0 Å². The molecule has 1 aliphatic heterocycles. The largest absolute Gasteiger partial charge is 0.462 e. The molecule has 1 aromatic rings. The van der Waals surface area contributed by atoms with Gasteiger partial charge in [0.2, 0.25) is 5.91 Å². The van der Waals surface area contributed by atoms with Crippen molar-refractivity contribution in [2.75, 3.05) is 44.6 Å². The van der Waals surface area contributed by atoms with Crippen LogP contribution in [0, 0.1) is 0 Å². The van der Waals surface area contributed by atoms with Gasteiger partial charge in [-0.25, -0.2) is 4.79 Å². The van der Waals surface area contributed by atoms with Crippen molar-refractivity contribution >= 4 is 17.6 Å². The van der Waals surface area contributed by atoms with Gasteiger partial charge in [0, 0.05) is 13.1 Å². The van der Waals surface area contributed by atoms with Crippen LogP contribution < -0.4 is 10.6 Å². The van der Waals surface area contributed by atoms with Crippen LogP contribution in [-0.2, 0) is 9.53 Å². The molecular weight excluding hydrogens is 282 g/mol. The van der Waals surface area contributed by atoms with Gasteiger partial charge < -0.3 is 15.4 Å². The first-order chi connectivity index (χ1) is 10.7. The maximum Gasteiger partial charge on any atom is 0.340 e. The van der Waals surface area contributed by atoms with Gasteiger partial charge in [0.25, 0.3) is 0 Å². The fourth-order valence-electron chi connectivity index (χ4n) is 2.43. The van der Waals surface area contributed by atoms with Crippen molar-refractivity contribution in [1.29, 1.82) is 0 Å². The minimum absolute atomic E-state index is 0.112. The summed E-state index contributed by atoms with van der Waals surface area (Å²) in [7, 11) is 0. The van der Waals surface area contributed by atoms with Crippen molar-refractivity contribution in [2.45, 2.75) is 13.3 Å². The molecule has 1 amide bonds. The third kappa shape index (κ3) is 4.82. The lowest BCUT2D eigenvalue weighted by atomic mass is 10.2. The minimum atomic E-state index is -0.419. The summed E-state index contributed by atoms with van der Waals surface area (Å²) >= 11 is 0. The van der Waals surface area contributed by atoms with Gasteiger partial charge in [0.05, 0.1) is 24.4 Å². The standard InChI is InChI=1S/C16H23N3O3/c1-2-22-16(21)13-6-3-4-7-14(13)18-15(20)12-19-10-5-8-17-9-11-19/h3-4,6-7,17H,2,5,8-12H2,1H3,(H,18,20). The highest BCUT2D eigenvalue weighted by Gasteiger charge is 2.16. The van der Waals surface area contributed by atoms with E-state index < -0.39 is 5.97 Å². The van der Waals surface area contributed by atoms with E-state index >= 15 is 0 Å². The Kier molecular flexibility index (Phi) is 6.36. The van der Waals surface area contributed by atoms with E-state index in [0.29, 0.717) is 24.4 Å². The summed E-state index contributed by atoms with van der Waals surface area (Å²) in [6.07, 6.45) is 1.03. The van der Waals surface area contributed by atoms with Crippen LogP contribution in [0.15, 0.2) is 24.3 Å². The monoisotopic (exact) mass is 305 g/mol. The number of hydrogen-bond acceptors (Lipinski definition) is 5. The van der Waals surface area contributed by atoms with Crippen molar-refractivity contribution in [1.82, 2.24) is 10.2 Å². The number of carbonyl (C=O) groups excluding carboxylic acids is 2. The van der Waals surface area contributed by atoms with Crippen LogP contribution in [0.1, 0.15) is 23.7 Å². The number of esters is 1. The quantitative estimate of drug-likeness (QED) is 0.797. The van der Waals surface area contributed by atoms with Crippen molar-refractivity contribution in [2.24, 2.45) is 0 Å². The van der Waals surface area contributed by atoms with Crippen molar-refractivity contribution in [3.05, 3.63) is 29.8 Å². The number of amides is 1. The molecule has 120 valence electrons. The second-order valence-corrected chi connectivity index (χ2v) is 5.19. The Morgan fingerprint density at radius 1 is 1.27 bits per heavy atom. The number of nitrogens with one attached hydrogen (secondary N) is 2. The van der Waals surface area contributed by atoms with Gasteiger partial charge >= 0.3 is 5.97 Å². The van der Waals surface area contributed by atoms with E-state index in [0.717, 1.165) is 32.6 Å². The Bertz CT molecular complexity index is 511. The van der Waals surface area contributed by atoms with Gasteiger partial charge in [0.1, 0.15) is 0 Å². The van der Waals surface area contributed by atoms with E-state index in [9.17, 15) is 9.59 Å². The first-order valence-electron chi connectivity index (χ1n) is 7.69. The summed E-state index contributed by atoms with van der Waals surface area (Å²) in [5.41, 5.74) is 0.883. The van der Waals surface area contributed by atoms with Crippen LogP contribution in [0.4, 0.5) is 5.69 Å². The lowest BCUT2D eigenvalue weighted by molar-refractivity contribution is -0.117. The van der Waals surface area contributed by atoms with E-state index in [4.69, 9.17) is 4.74 Å². The highest BCUT2D eigenvalue weighted by molar-refractivity contribution is 6.01. The molecule has 0 radical (unpaired) electrons. The summed E-state index contributed by atoms with van der Waals surface area (Å²) in [6.45, 7) is 6.04. The van der Waals surface area contributed by atoms with Gasteiger partial charge in [-0.3, -0.25) is 9.69 Å². The fourth-order valence-corrected chi connectivity index (χ4v) is 2.43. The third-order valence-electron chi connectivity index (χ3n) is 3.50. The number of rotatable bonds is 5. The molecular formula is C16H23N3O3. The van der Waals surface area contributed by atoms with E-state index in [2.05, 4.69) is 15.5 Å². The number of hydrogen-bond donors (Lipinski definition) is 2. The number of para-hydroxylation sites is 1. The zero-order chi connectivity index (χ0) is 15.8. The van der Waals surface area contributed by atoms with E-state index in [1.54, 1.807) is 31.2 Å². The van der Waals surface area contributed by atoms with Crippen LogP contribution in [0.25, 0.3) is 0 Å². The molecule has 2 rings (SSSR count).